The molecule has 20 heavy (non-hydrogen) atoms. The van der Waals surface area contributed by atoms with Crippen molar-refractivity contribution in [2.75, 3.05) is 0 Å². The number of hydrogen-bond acceptors (Lipinski definition) is 3. The number of nitrogens with one attached hydrogen (secondary N) is 2. The number of rotatable bonds is 2. The van der Waals surface area contributed by atoms with E-state index in [4.69, 9.17) is 0 Å². The van der Waals surface area contributed by atoms with Gasteiger partial charge in [0.2, 0.25) is 0 Å². The number of carbonyl (C=O) groups excluding carboxylic acids is 1. The summed E-state index contributed by atoms with van der Waals surface area (Å²) >= 11 is 0. The fourth-order valence-corrected chi connectivity index (χ4v) is 3.25. The van der Waals surface area contributed by atoms with Crippen LogP contribution in [-0.2, 0) is 5.54 Å². The van der Waals surface area contributed by atoms with Crippen LogP contribution in [0.4, 0.5) is 0 Å². The van der Waals surface area contributed by atoms with E-state index >= 15 is 0 Å². The number of fused-ring (bicyclic) bond motifs is 2. The summed E-state index contributed by atoms with van der Waals surface area (Å²) in [6.45, 7) is 6.23. The van der Waals surface area contributed by atoms with Crippen LogP contribution in [0.2, 0.25) is 0 Å². The first-order chi connectivity index (χ1) is 9.41. The Morgan fingerprint density at radius 2 is 2.00 bits per heavy atom. The van der Waals surface area contributed by atoms with Crippen LogP contribution >= 0.6 is 0 Å². The Hall–Kier alpha value is -1.36. The van der Waals surface area contributed by atoms with Crippen molar-refractivity contribution in [1.29, 1.82) is 0 Å². The number of piperidine rings is 1. The van der Waals surface area contributed by atoms with Crippen molar-refractivity contribution >= 4 is 5.91 Å². The summed E-state index contributed by atoms with van der Waals surface area (Å²) in [7, 11) is 0. The molecule has 5 heteroatoms. The van der Waals surface area contributed by atoms with Crippen molar-refractivity contribution in [3.63, 3.8) is 0 Å². The second kappa shape index (κ2) is 4.88. The van der Waals surface area contributed by atoms with Crippen LogP contribution in [0.15, 0.2) is 12.4 Å². The summed E-state index contributed by atoms with van der Waals surface area (Å²) in [4.78, 5) is 12.3. The van der Waals surface area contributed by atoms with Crippen molar-refractivity contribution in [1.82, 2.24) is 20.4 Å². The zero-order valence-electron chi connectivity index (χ0n) is 12.5. The Kier molecular flexibility index (Phi) is 3.32. The third-order valence-corrected chi connectivity index (χ3v) is 4.34. The fraction of sp³-hybridized carbons (Fsp3) is 0.733. The van der Waals surface area contributed by atoms with Crippen LogP contribution in [0.5, 0.6) is 0 Å². The van der Waals surface area contributed by atoms with E-state index in [2.05, 4.69) is 36.5 Å². The van der Waals surface area contributed by atoms with E-state index in [-0.39, 0.29) is 11.4 Å². The maximum atomic E-state index is 12.3. The van der Waals surface area contributed by atoms with Crippen molar-refractivity contribution < 1.29 is 4.79 Å². The molecule has 5 nitrogen and oxygen atoms in total. The molecule has 1 amide bonds. The van der Waals surface area contributed by atoms with E-state index in [0.29, 0.717) is 23.7 Å². The molecule has 2 saturated heterocycles. The zero-order valence-corrected chi connectivity index (χ0v) is 12.5. The lowest BCUT2D eigenvalue weighted by atomic mass is 9.99. The summed E-state index contributed by atoms with van der Waals surface area (Å²) < 4.78 is 1.84. The first-order valence-corrected chi connectivity index (χ1v) is 7.54. The molecule has 2 N–H and O–H groups in total. The van der Waals surface area contributed by atoms with Crippen molar-refractivity contribution in [3.8, 4) is 0 Å². The summed E-state index contributed by atoms with van der Waals surface area (Å²) in [5, 5.41) is 11.0. The molecule has 3 rings (SSSR count). The molecule has 110 valence electrons. The van der Waals surface area contributed by atoms with Gasteiger partial charge < -0.3 is 10.6 Å². The first-order valence-electron chi connectivity index (χ1n) is 7.54. The highest BCUT2D eigenvalue weighted by Crippen LogP contribution is 2.27. The van der Waals surface area contributed by atoms with Gasteiger partial charge in [0, 0.05) is 24.3 Å². The molecule has 3 heterocycles. The molecule has 2 bridgehead atoms. The van der Waals surface area contributed by atoms with E-state index in [1.54, 1.807) is 6.20 Å². The molecule has 2 atom stereocenters. The predicted octanol–water partition coefficient (Wildman–Crippen LogP) is 1.65. The molecule has 2 aliphatic heterocycles. The summed E-state index contributed by atoms with van der Waals surface area (Å²) in [6, 6.07) is 1.49. The number of hydrogen-bond donors (Lipinski definition) is 2. The number of nitrogens with zero attached hydrogens (tertiary/aromatic N) is 2. The predicted molar refractivity (Wildman–Crippen MR) is 77.7 cm³/mol. The van der Waals surface area contributed by atoms with Crippen molar-refractivity contribution in [3.05, 3.63) is 18.0 Å². The Morgan fingerprint density at radius 1 is 1.35 bits per heavy atom. The summed E-state index contributed by atoms with van der Waals surface area (Å²) in [5.74, 6) is 0.00630. The van der Waals surface area contributed by atoms with Gasteiger partial charge in [0.05, 0.1) is 17.3 Å². The minimum Gasteiger partial charge on any atom is -0.349 e. The van der Waals surface area contributed by atoms with Gasteiger partial charge in [-0.3, -0.25) is 9.48 Å². The maximum absolute atomic E-state index is 12.3. The largest absolute Gasteiger partial charge is 0.349 e. The quantitative estimate of drug-likeness (QED) is 0.863. The third kappa shape index (κ3) is 2.73. The molecule has 0 aromatic carbocycles. The molecule has 1 aromatic rings. The highest BCUT2D eigenvalue weighted by Gasteiger charge is 2.34. The molecule has 2 aliphatic rings. The molecular formula is C15H24N4O. The molecule has 0 radical (unpaired) electrons. The SMILES string of the molecule is CC(C)(C)n1cc(C(=O)NC2CC3CCC(C2)N3)cn1. The minimum atomic E-state index is -0.0909. The highest BCUT2D eigenvalue weighted by molar-refractivity contribution is 5.93. The summed E-state index contributed by atoms with van der Waals surface area (Å²) in [5.41, 5.74) is 0.567. The van der Waals surface area contributed by atoms with Crippen LogP contribution in [0.3, 0.4) is 0 Å². The first kappa shape index (κ1) is 13.6. The van der Waals surface area contributed by atoms with E-state index < -0.39 is 0 Å². The van der Waals surface area contributed by atoms with Gasteiger partial charge in [0.25, 0.3) is 5.91 Å². The average Bonchev–Trinajstić information content (AvgIpc) is 2.96. The molecule has 0 spiro atoms. The monoisotopic (exact) mass is 276 g/mol. The van der Waals surface area contributed by atoms with Gasteiger partial charge in [0.15, 0.2) is 0 Å². The van der Waals surface area contributed by atoms with Crippen molar-refractivity contribution in [2.45, 2.75) is 70.1 Å². The normalized spacial score (nSPS) is 29.4. The van der Waals surface area contributed by atoms with Crippen LogP contribution in [0, 0.1) is 0 Å². The topological polar surface area (TPSA) is 59.0 Å². The van der Waals surface area contributed by atoms with Gasteiger partial charge in [-0.15, -0.1) is 0 Å². The van der Waals surface area contributed by atoms with Gasteiger partial charge in [-0.25, -0.2) is 0 Å². The lowest BCUT2D eigenvalue weighted by molar-refractivity contribution is 0.0924. The Balaban J connectivity index is 1.63. The minimum absolute atomic E-state index is 0.00630. The number of carbonyl (C=O) groups is 1. The van der Waals surface area contributed by atoms with Gasteiger partial charge in [-0.1, -0.05) is 0 Å². The Labute approximate surface area is 120 Å². The number of aromatic nitrogens is 2. The molecular weight excluding hydrogens is 252 g/mol. The fourth-order valence-electron chi connectivity index (χ4n) is 3.25. The lowest BCUT2D eigenvalue weighted by Crippen LogP contribution is -2.48. The molecule has 1 aromatic heterocycles. The highest BCUT2D eigenvalue weighted by atomic mass is 16.1. The second-order valence-corrected chi connectivity index (χ2v) is 7.12. The Bertz CT molecular complexity index is 490. The average molecular weight is 276 g/mol. The van der Waals surface area contributed by atoms with E-state index in [0.717, 1.165) is 12.8 Å². The van der Waals surface area contributed by atoms with Crippen molar-refractivity contribution in [2.24, 2.45) is 0 Å². The zero-order chi connectivity index (χ0) is 14.3. The van der Waals surface area contributed by atoms with Crippen LogP contribution in [0.25, 0.3) is 0 Å². The Morgan fingerprint density at radius 3 is 2.55 bits per heavy atom. The standard InChI is InChI=1S/C15H24N4O/c1-15(2,3)19-9-10(8-16-19)14(20)18-13-6-11-4-5-12(7-13)17-11/h8-9,11-13,17H,4-7H2,1-3H3,(H,18,20). The lowest BCUT2D eigenvalue weighted by Gasteiger charge is -2.29. The number of amides is 1. The molecule has 0 saturated carbocycles. The van der Waals surface area contributed by atoms with Gasteiger partial charge >= 0.3 is 0 Å². The maximum Gasteiger partial charge on any atom is 0.254 e. The molecule has 2 unspecified atom stereocenters. The van der Waals surface area contributed by atoms with E-state index in [1.165, 1.54) is 12.8 Å². The van der Waals surface area contributed by atoms with Gasteiger partial charge in [-0.2, -0.15) is 5.10 Å². The van der Waals surface area contributed by atoms with Crippen LogP contribution in [-0.4, -0.2) is 33.8 Å². The third-order valence-electron chi connectivity index (χ3n) is 4.34. The smallest absolute Gasteiger partial charge is 0.254 e. The van der Waals surface area contributed by atoms with E-state index in [9.17, 15) is 4.79 Å². The second-order valence-electron chi connectivity index (χ2n) is 7.12. The molecule has 2 fully saturated rings. The van der Waals surface area contributed by atoms with E-state index in [1.807, 2.05) is 10.9 Å². The van der Waals surface area contributed by atoms with Crippen LogP contribution < -0.4 is 10.6 Å². The van der Waals surface area contributed by atoms with Gasteiger partial charge in [-0.05, 0) is 46.5 Å². The van der Waals surface area contributed by atoms with Crippen LogP contribution in [0.1, 0.15) is 56.8 Å². The summed E-state index contributed by atoms with van der Waals surface area (Å²) in [6.07, 6.45) is 8.10. The molecule has 0 aliphatic carbocycles. The van der Waals surface area contributed by atoms with Gasteiger partial charge in [0.1, 0.15) is 0 Å².